The van der Waals surface area contributed by atoms with Gasteiger partial charge in [-0.3, -0.25) is 38.9 Å². The van der Waals surface area contributed by atoms with E-state index >= 15 is 0 Å². The molecule has 8 rings (SSSR count). The van der Waals surface area contributed by atoms with Gasteiger partial charge in [-0.1, -0.05) is 41.4 Å². The highest BCUT2D eigenvalue weighted by atomic mass is 35.5. The maximum Gasteiger partial charge on any atom is 0.340 e. The lowest BCUT2D eigenvalue weighted by Gasteiger charge is -2.37. The summed E-state index contributed by atoms with van der Waals surface area (Å²) in [7, 11) is -4.50. The van der Waals surface area contributed by atoms with E-state index in [2.05, 4.69) is 9.97 Å². The number of nitrogens with zero attached hydrogens (tertiary/aromatic N) is 5. The fourth-order valence-corrected chi connectivity index (χ4v) is 9.52. The van der Waals surface area contributed by atoms with Crippen LogP contribution in [0.4, 0.5) is 11.4 Å². The first kappa shape index (κ1) is 48.5. The molecule has 0 N–H and O–H groups in total. The van der Waals surface area contributed by atoms with E-state index in [0.717, 1.165) is 40.0 Å². The fourth-order valence-electron chi connectivity index (χ4n) is 7.67. The number of pyridine rings is 2. The third-order valence-corrected chi connectivity index (χ3v) is 13.7. The molecule has 0 amide bonds. The van der Waals surface area contributed by atoms with Crippen LogP contribution in [0.25, 0.3) is 0 Å². The number of benzene rings is 4. The molecule has 0 saturated heterocycles. The van der Waals surface area contributed by atoms with Crippen LogP contribution < -0.4 is 18.5 Å². The third kappa shape index (κ3) is 9.72. The molecule has 0 saturated carbocycles. The van der Waals surface area contributed by atoms with E-state index < -0.39 is 49.3 Å². The minimum absolute atomic E-state index is 0.0259. The van der Waals surface area contributed by atoms with Gasteiger partial charge in [-0.25, -0.2) is 13.2 Å². The SMILES string of the molecule is CC(C)(C)C(=O)Oc1cc2c(cc1Cl)C1(OC(=O)c3cc(N(CCN(Cc4ccccn4)Cc4ccccn4)S(=O)(=O)c4ccc([N+](=O)[O-])cc4)ccc31)c1cc(Cl)c(OC(=O)C(C)(C)C)cc1O2. The van der Waals surface area contributed by atoms with Crippen LogP contribution in [0.3, 0.4) is 0 Å². The van der Waals surface area contributed by atoms with E-state index in [-0.39, 0.29) is 84.7 Å². The van der Waals surface area contributed by atoms with E-state index in [1.807, 2.05) is 29.2 Å². The number of fused-ring (bicyclic) bond motifs is 6. The Morgan fingerprint density at radius 2 is 1.25 bits per heavy atom. The number of hydrogen-bond acceptors (Lipinski definition) is 14. The van der Waals surface area contributed by atoms with Crippen LogP contribution in [0.2, 0.25) is 10.0 Å². The quantitative estimate of drug-likeness (QED) is 0.0458. The molecule has 4 heterocycles. The summed E-state index contributed by atoms with van der Waals surface area (Å²) in [6, 6.07) is 25.6. The number of nitro groups is 1. The van der Waals surface area contributed by atoms with Crippen LogP contribution >= 0.6 is 23.2 Å². The van der Waals surface area contributed by atoms with Gasteiger partial charge in [0.15, 0.2) is 17.1 Å². The molecule has 6 aromatic rings. The predicted octanol–water partition coefficient (Wildman–Crippen LogP) is 10.1. The molecule has 356 valence electrons. The lowest BCUT2D eigenvalue weighted by molar-refractivity contribution is -0.384. The molecule has 19 heteroatoms. The summed E-state index contributed by atoms with van der Waals surface area (Å²) >= 11 is 13.7. The zero-order chi connectivity index (χ0) is 49.6. The first-order valence-corrected chi connectivity index (χ1v) is 23.7. The molecule has 0 unspecified atom stereocenters. The number of rotatable bonds is 13. The second-order valence-corrected chi connectivity index (χ2v) is 21.1. The number of anilines is 1. The summed E-state index contributed by atoms with van der Waals surface area (Å²) in [5.41, 5.74) is -1.85. The molecule has 1 spiro atoms. The van der Waals surface area contributed by atoms with Crippen LogP contribution in [-0.4, -0.2) is 59.2 Å². The zero-order valence-electron chi connectivity index (χ0n) is 38.2. The highest BCUT2D eigenvalue weighted by Gasteiger charge is 2.55. The average molecular weight is 995 g/mol. The zero-order valence-corrected chi connectivity index (χ0v) is 40.5. The van der Waals surface area contributed by atoms with Crippen LogP contribution in [-0.2, 0) is 43.0 Å². The standard InChI is InChI=1S/C50H45Cl2N5O11S/c1-48(2,3)46(59)66-43-26-41-37(24-39(43)51)50(38-25-40(52)44(27-42(38)65-41)67-47(60)49(4,5)6)36-18-15-33(23-35(36)45(58)68-50)56(69(63,64)34-16-13-32(14-17-34)57(61)62)22-21-55(28-30-11-7-9-19-53-30)29-31-12-8-10-20-54-31/h7-20,23-27H,21-22,28-29H2,1-6H3. The van der Waals surface area contributed by atoms with E-state index in [1.165, 1.54) is 36.4 Å². The van der Waals surface area contributed by atoms with Crippen LogP contribution in [0, 0.1) is 20.9 Å². The first-order valence-electron chi connectivity index (χ1n) is 21.5. The number of carbonyl (C=O) groups is 3. The molecule has 0 bridgehead atoms. The molecule has 0 aliphatic carbocycles. The predicted molar refractivity (Wildman–Crippen MR) is 255 cm³/mol. The number of halogens is 2. The Morgan fingerprint density at radius 3 is 1.71 bits per heavy atom. The van der Waals surface area contributed by atoms with Gasteiger partial charge in [0.05, 0.1) is 53.3 Å². The molecule has 0 fully saturated rings. The van der Waals surface area contributed by atoms with Gasteiger partial charge in [-0.05, 0) is 102 Å². The maximum absolute atomic E-state index is 14.8. The number of ether oxygens (including phenoxy) is 4. The average Bonchev–Trinajstić information content (AvgIpc) is 3.58. The lowest BCUT2D eigenvalue weighted by atomic mass is 9.77. The summed E-state index contributed by atoms with van der Waals surface area (Å²) in [4.78, 5) is 62.3. The van der Waals surface area contributed by atoms with E-state index in [9.17, 15) is 32.9 Å². The number of nitro benzene ring substituents is 1. The molecular formula is C50H45Cl2N5O11S. The van der Waals surface area contributed by atoms with Crippen molar-refractivity contribution in [3.8, 4) is 23.0 Å². The molecule has 69 heavy (non-hydrogen) atoms. The van der Waals surface area contributed by atoms with Gasteiger partial charge in [0.2, 0.25) is 0 Å². The van der Waals surface area contributed by atoms with Crippen molar-refractivity contribution in [2.45, 2.75) is 65.1 Å². The number of sulfonamides is 1. The lowest BCUT2D eigenvalue weighted by Crippen LogP contribution is -2.39. The largest absolute Gasteiger partial charge is 0.456 e. The topological polar surface area (TPSA) is 198 Å². The summed E-state index contributed by atoms with van der Waals surface area (Å²) in [5.74, 6) is -2.01. The Bertz CT molecular complexity index is 3000. The number of aromatic nitrogens is 2. The number of hydrogen-bond donors (Lipinski definition) is 0. The van der Waals surface area contributed by atoms with Crippen LogP contribution in [0.1, 0.15) is 80.0 Å². The second kappa shape index (κ2) is 18.5. The molecule has 2 aliphatic heterocycles. The van der Waals surface area contributed by atoms with Crippen LogP contribution in [0.5, 0.6) is 23.0 Å². The first-order chi connectivity index (χ1) is 32.6. The van der Waals surface area contributed by atoms with Crippen LogP contribution in [0.15, 0.2) is 120 Å². The number of esters is 3. The van der Waals surface area contributed by atoms with Gasteiger partial charge in [0.25, 0.3) is 15.7 Å². The van der Waals surface area contributed by atoms with Crippen molar-refractivity contribution in [1.82, 2.24) is 14.9 Å². The smallest absolute Gasteiger partial charge is 0.340 e. The van der Waals surface area contributed by atoms with E-state index in [4.69, 9.17) is 42.1 Å². The Balaban J connectivity index is 1.27. The van der Waals surface area contributed by atoms with E-state index in [1.54, 1.807) is 72.1 Å². The van der Waals surface area contributed by atoms with Gasteiger partial charge >= 0.3 is 17.9 Å². The summed E-state index contributed by atoms with van der Waals surface area (Å²) in [6.45, 7) is 10.7. The normalized spacial score (nSPS) is 13.7. The fraction of sp³-hybridized carbons (Fsp3) is 0.260. The highest BCUT2D eigenvalue weighted by molar-refractivity contribution is 7.92. The number of carbonyl (C=O) groups excluding carboxylic acids is 3. The van der Waals surface area contributed by atoms with E-state index in [0.29, 0.717) is 13.1 Å². The molecule has 2 aromatic heterocycles. The maximum atomic E-state index is 14.8. The molecule has 2 aliphatic rings. The highest BCUT2D eigenvalue weighted by Crippen LogP contribution is 2.59. The van der Waals surface area contributed by atoms with Gasteiger partial charge < -0.3 is 18.9 Å². The Labute approximate surface area is 407 Å². The third-order valence-electron chi connectivity index (χ3n) is 11.3. The van der Waals surface area contributed by atoms with Gasteiger partial charge in [0.1, 0.15) is 11.5 Å². The van der Waals surface area contributed by atoms with Crippen molar-refractivity contribution < 1.29 is 46.7 Å². The van der Waals surface area contributed by atoms with Gasteiger partial charge in [0, 0.05) is 79.5 Å². The number of non-ortho nitro benzene ring substituents is 1. The van der Waals surface area contributed by atoms with Crippen molar-refractivity contribution in [3.63, 3.8) is 0 Å². The van der Waals surface area contributed by atoms with Crippen molar-refractivity contribution >= 4 is 62.5 Å². The summed E-state index contributed by atoms with van der Waals surface area (Å²) in [6.07, 6.45) is 3.32. The van der Waals surface area contributed by atoms with Crippen molar-refractivity contribution in [1.29, 1.82) is 0 Å². The van der Waals surface area contributed by atoms with Gasteiger partial charge in [-0.15, -0.1) is 0 Å². The van der Waals surface area contributed by atoms with Crippen molar-refractivity contribution in [2.24, 2.45) is 10.8 Å². The monoisotopic (exact) mass is 993 g/mol. The molecule has 4 aromatic carbocycles. The van der Waals surface area contributed by atoms with Crippen molar-refractivity contribution in [2.75, 3.05) is 17.4 Å². The summed E-state index contributed by atoms with van der Waals surface area (Å²) < 4.78 is 55.1. The molecule has 16 nitrogen and oxygen atoms in total. The minimum atomic E-state index is -4.50. The molecule has 0 atom stereocenters. The van der Waals surface area contributed by atoms with Crippen molar-refractivity contribution in [3.05, 3.63) is 169 Å². The van der Waals surface area contributed by atoms with Gasteiger partial charge in [-0.2, -0.15) is 0 Å². The Hall–Kier alpha value is -6.92. The Kier molecular flexibility index (Phi) is 13.0. The second-order valence-electron chi connectivity index (χ2n) is 18.4. The minimum Gasteiger partial charge on any atom is -0.456 e. The summed E-state index contributed by atoms with van der Waals surface area (Å²) in [5, 5.41) is 11.5. The Morgan fingerprint density at radius 1 is 0.725 bits per heavy atom. The molecular weight excluding hydrogens is 950 g/mol. The molecule has 0 radical (unpaired) electrons.